The first-order valence-electron chi connectivity index (χ1n) is 7.33. The molecule has 0 spiro atoms. The van der Waals surface area contributed by atoms with Gasteiger partial charge in [0.2, 0.25) is 0 Å². The fraction of sp³-hybridized carbons (Fsp3) is 1.00. The van der Waals surface area contributed by atoms with Crippen molar-refractivity contribution in [3.63, 3.8) is 0 Å². The molecule has 1 aliphatic rings. The molecule has 0 aromatic rings. The third kappa shape index (κ3) is 3.96. The van der Waals surface area contributed by atoms with Crippen LogP contribution in [0.3, 0.4) is 0 Å². The minimum absolute atomic E-state index is 0.561. The number of likely N-dealkylation sites (N-methyl/N-ethyl adjacent to an activating group) is 1. The minimum atomic E-state index is 0.561. The number of nitrogens with two attached hydrogens (primary N) is 1. The van der Waals surface area contributed by atoms with Crippen LogP contribution in [0.1, 0.15) is 59.8 Å². The zero-order valence-electron chi connectivity index (χ0n) is 12.5. The van der Waals surface area contributed by atoms with Gasteiger partial charge in [0.15, 0.2) is 0 Å². The molecule has 0 amide bonds. The van der Waals surface area contributed by atoms with Crippen molar-refractivity contribution in [1.82, 2.24) is 4.90 Å². The summed E-state index contributed by atoms with van der Waals surface area (Å²) in [7, 11) is 2.28. The monoisotopic (exact) mass is 240 g/mol. The molecule has 2 heteroatoms. The Bertz CT molecular complexity index is 215. The Labute approximate surface area is 108 Å². The fourth-order valence-electron chi connectivity index (χ4n) is 3.13. The zero-order valence-corrected chi connectivity index (χ0v) is 12.5. The van der Waals surface area contributed by atoms with Crippen LogP contribution >= 0.6 is 0 Å². The van der Waals surface area contributed by atoms with E-state index in [2.05, 4.69) is 39.6 Å². The van der Waals surface area contributed by atoms with Crippen molar-refractivity contribution in [2.24, 2.45) is 17.1 Å². The largest absolute Gasteiger partial charge is 0.329 e. The molecule has 0 bridgehead atoms. The SMILES string of the molecule is CCC(C)C(CN)N(C)C1CCC(C)(C)CC1. The maximum Gasteiger partial charge on any atom is 0.0243 e. The van der Waals surface area contributed by atoms with Gasteiger partial charge in [-0.05, 0) is 44.1 Å². The van der Waals surface area contributed by atoms with Gasteiger partial charge < -0.3 is 5.73 Å². The van der Waals surface area contributed by atoms with Crippen molar-refractivity contribution in [2.75, 3.05) is 13.6 Å². The Morgan fingerprint density at radius 1 is 1.29 bits per heavy atom. The van der Waals surface area contributed by atoms with Gasteiger partial charge in [-0.3, -0.25) is 4.90 Å². The molecule has 0 aliphatic heterocycles. The molecule has 1 rings (SSSR count). The van der Waals surface area contributed by atoms with Gasteiger partial charge in [-0.25, -0.2) is 0 Å². The Morgan fingerprint density at radius 2 is 1.82 bits per heavy atom. The zero-order chi connectivity index (χ0) is 13.1. The summed E-state index contributed by atoms with van der Waals surface area (Å²) in [6.07, 6.45) is 6.64. The molecule has 17 heavy (non-hydrogen) atoms. The van der Waals surface area contributed by atoms with Crippen LogP contribution in [-0.4, -0.2) is 30.6 Å². The highest BCUT2D eigenvalue weighted by Crippen LogP contribution is 2.37. The van der Waals surface area contributed by atoms with Gasteiger partial charge >= 0.3 is 0 Å². The molecule has 1 saturated carbocycles. The van der Waals surface area contributed by atoms with Crippen molar-refractivity contribution in [3.8, 4) is 0 Å². The van der Waals surface area contributed by atoms with Gasteiger partial charge in [0, 0.05) is 18.6 Å². The van der Waals surface area contributed by atoms with Crippen molar-refractivity contribution in [3.05, 3.63) is 0 Å². The Balaban J connectivity index is 2.54. The highest BCUT2D eigenvalue weighted by molar-refractivity contribution is 4.87. The molecular weight excluding hydrogens is 208 g/mol. The van der Waals surface area contributed by atoms with Crippen LogP contribution in [0.4, 0.5) is 0 Å². The van der Waals surface area contributed by atoms with Crippen LogP contribution in [0, 0.1) is 11.3 Å². The lowest BCUT2D eigenvalue weighted by Crippen LogP contribution is -2.49. The smallest absolute Gasteiger partial charge is 0.0243 e. The van der Waals surface area contributed by atoms with Crippen LogP contribution in [0.5, 0.6) is 0 Å². The van der Waals surface area contributed by atoms with Gasteiger partial charge in [0.05, 0.1) is 0 Å². The summed E-state index contributed by atoms with van der Waals surface area (Å²) in [6, 6.07) is 1.32. The lowest BCUT2D eigenvalue weighted by Gasteiger charge is -2.43. The van der Waals surface area contributed by atoms with Crippen molar-refractivity contribution < 1.29 is 0 Å². The summed E-state index contributed by atoms with van der Waals surface area (Å²) in [6.45, 7) is 10.2. The summed E-state index contributed by atoms with van der Waals surface area (Å²) in [4.78, 5) is 2.57. The van der Waals surface area contributed by atoms with Crippen molar-refractivity contribution >= 4 is 0 Å². The second-order valence-electron chi connectivity index (χ2n) is 6.75. The third-order valence-electron chi connectivity index (χ3n) is 4.95. The predicted molar refractivity (Wildman–Crippen MR) is 76.1 cm³/mol. The van der Waals surface area contributed by atoms with E-state index in [1.165, 1.54) is 32.1 Å². The maximum absolute atomic E-state index is 5.97. The van der Waals surface area contributed by atoms with Gasteiger partial charge in [0.25, 0.3) is 0 Å². The summed E-state index contributed by atoms with van der Waals surface area (Å²) >= 11 is 0. The standard InChI is InChI=1S/C15H32N2/c1-6-12(2)14(11-16)17(5)13-7-9-15(3,4)10-8-13/h12-14H,6-11,16H2,1-5H3. The Hall–Kier alpha value is -0.0800. The second kappa shape index (κ2) is 6.19. The second-order valence-corrected chi connectivity index (χ2v) is 6.75. The molecule has 2 unspecified atom stereocenters. The lowest BCUT2D eigenvalue weighted by atomic mass is 9.75. The van der Waals surface area contributed by atoms with E-state index in [0.717, 1.165) is 12.6 Å². The van der Waals surface area contributed by atoms with Gasteiger partial charge in [-0.2, -0.15) is 0 Å². The summed E-state index contributed by atoms with van der Waals surface area (Å²) in [5.74, 6) is 0.708. The van der Waals surface area contributed by atoms with Gasteiger partial charge in [0.1, 0.15) is 0 Å². The molecule has 2 nitrogen and oxygen atoms in total. The van der Waals surface area contributed by atoms with E-state index in [1.807, 2.05) is 0 Å². The average molecular weight is 240 g/mol. The van der Waals surface area contributed by atoms with Crippen LogP contribution in [-0.2, 0) is 0 Å². The van der Waals surface area contributed by atoms with Crippen LogP contribution in [0.25, 0.3) is 0 Å². The predicted octanol–water partition coefficient (Wildman–Crippen LogP) is 3.26. The topological polar surface area (TPSA) is 29.3 Å². The lowest BCUT2D eigenvalue weighted by molar-refractivity contribution is 0.0746. The molecular formula is C15H32N2. The quantitative estimate of drug-likeness (QED) is 0.799. The maximum atomic E-state index is 5.97. The van der Waals surface area contributed by atoms with E-state index in [1.54, 1.807) is 0 Å². The summed E-state index contributed by atoms with van der Waals surface area (Å²) in [5.41, 5.74) is 6.53. The first kappa shape index (κ1) is 15.0. The highest BCUT2D eigenvalue weighted by Gasteiger charge is 2.32. The van der Waals surface area contributed by atoms with E-state index in [-0.39, 0.29) is 0 Å². The molecule has 0 heterocycles. The van der Waals surface area contributed by atoms with E-state index >= 15 is 0 Å². The van der Waals surface area contributed by atoms with Crippen LogP contribution < -0.4 is 5.73 Å². The summed E-state index contributed by atoms with van der Waals surface area (Å²) in [5, 5.41) is 0. The minimum Gasteiger partial charge on any atom is -0.329 e. The molecule has 0 aromatic carbocycles. The molecule has 0 aromatic heterocycles. The summed E-state index contributed by atoms with van der Waals surface area (Å²) < 4.78 is 0. The number of rotatable bonds is 5. The van der Waals surface area contributed by atoms with Crippen molar-refractivity contribution in [1.29, 1.82) is 0 Å². The molecule has 1 fully saturated rings. The average Bonchev–Trinajstić information content (AvgIpc) is 2.29. The first-order chi connectivity index (χ1) is 7.91. The van der Waals surface area contributed by atoms with Crippen LogP contribution in [0.15, 0.2) is 0 Å². The van der Waals surface area contributed by atoms with Gasteiger partial charge in [-0.15, -0.1) is 0 Å². The third-order valence-corrected chi connectivity index (χ3v) is 4.95. The Morgan fingerprint density at radius 3 is 2.24 bits per heavy atom. The molecule has 102 valence electrons. The fourth-order valence-corrected chi connectivity index (χ4v) is 3.13. The van der Waals surface area contributed by atoms with E-state index in [4.69, 9.17) is 5.73 Å². The van der Waals surface area contributed by atoms with E-state index < -0.39 is 0 Å². The Kier molecular flexibility index (Phi) is 5.46. The molecule has 0 saturated heterocycles. The van der Waals surface area contributed by atoms with Gasteiger partial charge in [-0.1, -0.05) is 34.1 Å². The van der Waals surface area contributed by atoms with Crippen molar-refractivity contribution in [2.45, 2.75) is 71.9 Å². The number of nitrogens with zero attached hydrogens (tertiary/aromatic N) is 1. The van der Waals surface area contributed by atoms with E-state index in [0.29, 0.717) is 17.4 Å². The molecule has 2 atom stereocenters. The molecule has 2 N–H and O–H groups in total. The number of hydrogen-bond acceptors (Lipinski definition) is 2. The molecule has 1 aliphatic carbocycles. The normalized spacial score (nSPS) is 24.9. The van der Waals surface area contributed by atoms with E-state index in [9.17, 15) is 0 Å². The highest BCUT2D eigenvalue weighted by atomic mass is 15.2. The van der Waals surface area contributed by atoms with Crippen LogP contribution in [0.2, 0.25) is 0 Å². The first-order valence-corrected chi connectivity index (χ1v) is 7.33. The number of hydrogen-bond donors (Lipinski definition) is 1. The molecule has 0 radical (unpaired) electrons.